The van der Waals surface area contributed by atoms with Gasteiger partial charge in [0.2, 0.25) is 0 Å². The van der Waals surface area contributed by atoms with E-state index in [1.807, 2.05) is 0 Å². The van der Waals surface area contributed by atoms with Crippen molar-refractivity contribution in [3.63, 3.8) is 0 Å². The van der Waals surface area contributed by atoms with Crippen molar-refractivity contribution in [1.29, 1.82) is 0 Å². The third-order valence-electron chi connectivity index (χ3n) is 0.185. The Hall–Kier alpha value is 0.0200. The average molecular weight is 176 g/mol. The number of phosphoric acid groups is 1. The van der Waals surface area contributed by atoms with E-state index in [0.717, 1.165) is 0 Å². The number of hydrogen-bond donors (Lipinski definition) is 1. The quantitative estimate of drug-likeness (QED) is 0.368. The number of hydrogen-bond acceptors (Lipinski definition) is 6. The standard InChI is InChI=1S/H3O7PS/c1-8(2,3)7-9(4,5)6/h(H2,1,2,3)(H,4,5,6)/p-2. The second-order valence-electron chi connectivity index (χ2n) is 0.949. The molecule has 0 aliphatic rings. The molecular weight excluding hydrogens is 175 g/mol. The molecule has 0 aromatic heterocycles. The first kappa shape index (κ1) is 9.02. The third kappa shape index (κ3) is 8.02. The summed E-state index contributed by atoms with van der Waals surface area (Å²) in [6.07, 6.45) is 0. The van der Waals surface area contributed by atoms with Crippen molar-refractivity contribution in [2.75, 3.05) is 0 Å². The van der Waals surface area contributed by atoms with E-state index in [1.54, 1.807) is 0 Å². The van der Waals surface area contributed by atoms with Gasteiger partial charge in [-0.3, -0.25) is 4.55 Å². The second kappa shape index (κ2) is 2.33. The van der Waals surface area contributed by atoms with Gasteiger partial charge in [-0.25, -0.2) is 3.97 Å². The SMILES string of the molecule is O=P([O-])([O-])OS(=O)(=O)O. The van der Waals surface area contributed by atoms with Crippen LogP contribution in [-0.4, -0.2) is 13.0 Å². The molecule has 7 nitrogen and oxygen atoms in total. The average Bonchev–Trinajstić information content (AvgIpc) is 1.14. The fraction of sp³-hybridized carbons (Fsp3) is 0. The van der Waals surface area contributed by atoms with Crippen molar-refractivity contribution in [3.8, 4) is 0 Å². The lowest BCUT2D eigenvalue weighted by molar-refractivity contribution is -0.333. The van der Waals surface area contributed by atoms with E-state index in [2.05, 4.69) is 3.97 Å². The minimum Gasteiger partial charge on any atom is -0.789 e. The van der Waals surface area contributed by atoms with Gasteiger partial charge in [-0.15, -0.1) is 0 Å². The van der Waals surface area contributed by atoms with E-state index in [4.69, 9.17) is 4.55 Å². The Kier molecular flexibility index (Phi) is 2.34. The minimum absolute atomic E-state index is 2.60. The highest BCUT2D eigenvalue weighted by Gasteiger charge is 2.05. The van der Waals surface area contributed by atoms with Gasteiger partial charge in [-0.05, 0) is 0 Å². The molecule has 0 bridgehead atoms. The molecule has 1 N–H and O–H groups in total. The van der Waals surface area contributed by atoms with Crippen molar-refractivity contribution < 1.29 is 31.3 Å². The van der Waals surface area contributed by atoms with E-state index in [1.165, 1.54) is 0 Å². The van der Waals surface area contributed by atoms with Gasteiger partial charge in [0.15, 0.2) is 0 Å². The van der Waals surface area contributed by atoms with Gasteiger partial charge in [0.05, 0.1) is 7.82 Å². The van der Waals surface area contributed by atoms with Crippen LogP contribution in [0.4, 0.5) is 0 Å². The topological polar surface area (TPSA) is 127 Å². The molecule has 0 atom stereocenters. The molecule has 9 heteroatoms. The lowest BCUT2D eigenvalue weighted by atomic mass is 15.7. The summed E-state index contributed by atoms with van der Waals surface area (Å²) in [5.74, 6) is 0. The monoisotopic (exact) mass is 176 g/mol. The molecule has 0 unspecified atom stereocenters. The van der Waals surface area contributed by atoms with Gasteiger partial charge in [0, 0.05) is 0 Å². The predicted molar refractivity (Wildman–Crippen MR) is 20.2 cm³/mol. The van der Waals surface area contributed by atoms with Crippen LogP contribution in [0.3, 0.4) is 0 Å². The molecule has 0 aliphatic heterocycles. The molecular formula is HO7PS-2. The first-order valence-corrected chi connectivity index (χ1v) is 4.24. The van der Waals surface area contributed by atoms with E-state index < -0.39 is 18.2 Å². The van der Waals surface area contributed by atoms with Gasteiger partial charge in [-0.2, -0.15) is 8.42 Å². The molecule has 0 fully saturated rings. The van der Waals surface area contributed by atoms with Gasteiger partial charge in [0.25, 0.3) is 0 Å². The van der Waals surface area contributed by atoms with E-state index in [9.17, 15) is 22.8 Å². The summed E-state index contributed by atoms with van der Waals surface area (Å²) in [6.45, 7) is 0. The Labute approximate surface area is 50.5 Å². The van der Waals surface area contributed by atoms with Crippen LogP contribution in [0.15, 0.2) is 0 Å². The maximum atomic E-state index is 9.41. The summed E-state index contributed by atoms with van der Waals surface area (Å²) in [4.78, 5) is 18.7. The molecule has 0 rings (SSSR count). The lowest BCUT2D eigenvalue weighted by Crippen LogP contribution is -2.19. The third-order valence-corrected chi connectivity index (χ3v) is 1.67. The van der Waals surface area contributed by atoms with Crippen LogP contribution >= 0.6 is 7.82 Å². The molecule has 9 heavy (non-hydrogen) atoms. The molecule has 56 valence electrons. The largest absolute Gasteiger partial charge is 0.789 e. The fourth-order valence-electron chi connectivity index (χ4n) is 0.115. The van der Waals surface area contributed by atoms with Crippen molar-refractivity contribution in [1.82, 2.24) is 0 Å². The maximum Gasteiger partial charge on any atom is 0.401 e. The zero-order valence-electron chi connectivity index (χ0n) is 3.75. The molecule has 0 heterocycles. The fourth-order valence-corrected chi connectivity index (χ4v) is 1.04. The summed E-state index contributed by atoms with van der Waals surface area (Å²) < 4.78 is 38.3. The van der Waals surface area contributed by atoms with Gasteiger partial charge >= 0.3 is 10.4 Å². The van der Waals surface area contributed by atoms with Crippen LogP contribution in [0.25, 0.3) is 0 Å². The molecule has 0 spiro atoms. The Morgan fingerprint density at radius 2 is 1.78 bits per heavy atom. The smallest absolute Gasteiger partial charge is 0.401 e. The molecule has 0 radical (unpaired) electrons. The first-order chi connectivity index (χ1) is 3.71. The highest BCUT2D eigenvalue weighted by molar-refractivity contribution is 7.85. The molecule has 0 aromatic rings. The lowest BCUT2D eigenvalue weighted by Gasteiger charge is -2.25. The Bertz CT molecular complexity index is 215. The zero-order chi connectivity index (χ0) is 7.71. The van der Waals surface area contributed by atoms with Crippen LogP contribution in [0.1, 0.15) is 0 Å². The number of rotatable bonds is 2. The van der Waals surface area contributed by atoms with Gasteiger partial charge < -0.3 is 14.4 Å². The van der Waals surface area contributed by atoms with E-state index in [-0.39, 0.29) is 0 Å². The summed E-state index contributed by atoms with van der Waals surface area (Å²) in [7, 11) is -10.8. The van der Waals surface area contributed by atoms with Gasteiger partial charge in [-0.1, -0.05) is 0 Å². The summed E-state index contributed by atoms with van der Waals surface area (Å²) in [5, 5.41) is 0. The molecule has 0 amide bonds. The second-order valence-corrected chi connectivity index (χ2v) is 3.30. The van der Waals surface area contributed by atoms with Crippen molar-refractivity contribution >= 4 is 18.2 Å². The summed E-state index contributed by atoms with van der Waals surface area (Å²) >= 11 is 0. The van der Waals surface area contributed by atoms with E-state index in [0.29, 0.717) is 0 Å². The normalized spacial score (nSPS) is 13.7. The van der Waals surface area contributed by atoms with Crippen LogP contribution in [0.2, 0.25) is 0 Å². The van der Waals surface area contributed by atoms with Crippen molar-refractivity contribution in [3.05, 3.63) is 0 Å². The Morgan fingerprint density at radius 1 is 1.44 bits per heavy atom. The first-order valence-electron chi connectivity index (χ1n) is 1.41. The molecule has 0 aromatic carbocycles. The zero-order valence-corrected chi connectivity index (χ0v) is 5.46. The minimum atomic E-state index is -5.63. The summed E-state index contributed by atoms with van der Waals surface area (Å²) in [5.41, 5.74) is 0. The van der Waals surface area contributed by atoms with Gasteiger partial charge in [0.1, 0.15) is 0 Å². The van der Waals surface area contributed by atoms with E-state index >= 15 is 0 Å². The predicted octanol–water partition coefficient (Wildman–Crippen LogP) is -2.37. The molecule has 0 saturated heterocycles. The van der Waals surface area contributed by atoms with Crippen molar-refractivity contribution in [2.45, 2.75) is 0 Å². The highest BCUT2D eigenvalue weighted by Crippen LogP contribution is 2.26. The van der Waals surface area contributed by atoms with Crippen LogP contribution in [0.5, 0.6) is 0 Å². The summed E-state index contributed by atoms with van der Waals surface area (Å²) in [6, 6.07) is 0. The van der Waals surface area contributed by atoms with Crippen molar-refractivity contribution in [2.24, 2.45) is 0 Å². The highest BCUT2D eigenvalue weighted by atomic mass is 32.3. The molecule has 0 aliphatic carbocycles. The maximum absolute atomic E-state index is 9.41. The van der Waals surface area contributed by atoms with Crippen LogP contribution in [-0.2, 0) is 18.9 Å². The van der Waals surface area contributed by atoms with Crippen LogP contribution < -0.4 is 9.79 Å². The molecule has 0 saturated carbocycles. The Balaban J connectivity index is 4.26. The van der Waals surface area contributed by atoms with Crippen LogP contribution in [0, 0.1) is 0 Å². The Morgan fingerprint density at radius 3 is 1.78 bits per heavy atom.